The van der Waals surface area contributed by atoms with Crippen molar-refractivity contribution in [3.05, 3.63) is 51.9 Å². The Morgan fingerprint density at radius 3 is 2.75 bits per heavy atom. The maximum Gasteiger partial charge on any atom is 0.264 e. The summed E-state index contributed by atoms with van der Waals surface area (Å²) in [6.45, 7) is 6.30. The number of aryl methyl sites for hydroxylation is 2. The van der Waals surface area contributed by atoms with Gasteiger partial charge in [-0.05, 0) is 56.4 Å². The van der Waals surface area contributed by atoms with Gasteiger partial charge in [0.15, 0.2) is 5.82 Å². The normalized spacial score (nSPS) is 10.8. The van der Waals surface area contributed by atoms with Gasteiger partial charge in [-0.15, -0.1) is 5.10 Å². The molecule has 0 unspecified atom stereocenters. The van der Waals surface area contributed by atoms with Crippen LogP contribution in [-0.2, 0) is 6.42 Å². The molecule has 124 valence electrons. The molecule has 0 aliphatic rings. The zero-order valence-corrected chi connectivity index (χ0v) is 14.6. The van der Waals surface area contributed by atoms with Gasteiger partial charge in [0.2, 0.25) is 0 Å². The van der Waals surface area contributed by atoms with Gasteiger partial charge in [-0.2, -0.15) is 5.10 Å². The highest BCUT2D eigenvalue weighted by Crippen LogP contribution is 2.17. The molecule has 0 aliphatic heterocycles. The van der Waals surface area contributed by atoms with Gasteiger partial charge in [0.25, 0.3) is 5.91 Å². The van der Waals surface area contributed by atoms with Crippen LogP contribution in [0.25, 0.3) is 5.82 Å². The van der Waals surface area contributed by atoms with Gasteiger partial charge in [-0.25, -0.2) is 9.67 Å². The van der Waals surface area contributed by atoms with Crippen LogP contribution in [-0.4, -0.2) is 36.8 Å². The Morgan fingerprint density at radius 2 is 2.08 bits per heavy atom. The number of rotatable bonds is 5. The van der Waals surface area contributed by atoms with E-state index in [-0.39, 0.29) is 5.91 Å². The van der Waals surface area contributed by atoms with Gasteiger partial charge in [0, 0.05) is 18.4 Å². The summed E-state index contributed by atoms with van der Waals surface area (Å²) in [5.74, 6) is 0.662. The highest BCUT2D eigenvalue weighted by Gasteiger charge is 2.15. The molecule has 0 atom stereocenters. The SMILES string of the molecule is Cc1nnsc1C(=O)NCCc1c(C)nn(-c2ccccn2)c1C. The van der Waals surface area contributed by atoms with Crippen LogP contribution in [0.5, 0.6) is 0 Å². The molecular weight excluding hydrogens is 324 g/mol. The van der Waals surface area contributed by atoms with E-state index in [1.54, 1.807) is 13.1 Å². The topological polar surface area (TPSA) is 85.6 Å². The summed E-state index contributed by atoms with van der Waals surface area (Å²) in [5, 5.41) is 11.3. The monoisotopic (exact) mass is 342 g/mol. The molecule has 8 heteroatoms. The zero-order valence-electron chi connectivity index (χ0n) is 13.8. The van der Waals surface area contributed by atoms with E-state index in [1.165, 1.54) is 0 Å². The lowest BCUT2D eigenvalue weighted by atomic mass is 10.1. The van der Waals surface area contributed by atoms with Crippen LogP contribution in [0.1, 0.15) is 32.3 Å². The molecule has 24 heavy (non-hydrogen) atoms. The Balaban J connectivity index is 1.69. The van der Waals surface area contributed by atoms with Gasteiger partial charge >= 0.3 is 0 Å². The van der Waals surface area contributed by atoms with Crippen molar-refractivity contribution >= 4 is 17.4 Å². The molecule has 3 aromatic rings. The van der Waals surface area contributed by atoms with Crippen molar-refractivity contribution in [1.82, 2.24) is 29.7 Å². The lowest BCUT2D eigenvalue weighted by Crippen LogP contribution is -2.25. The van der Waals surface area contributed by atoms with Crippen molar-refractivity contribution in [2.24, 2.45) is 0 Å². The number of nitrogens with one attached hydrogen (secondary N) is 1. The van der Waals surface area contributed by atoms with Crippen molar-refractivity contribution < 1.29 is 4.79 Å². The second-order valence-electron chi connectivity index (χ2n) is 5.44. The predicted molar refractivity (Wildman–Crippen MR) is 91.5 cm³/mol. The second-order valence-corrected chi connectivity index (χ2v) is 6.20. The first-order chi connectivity index (χ1) is 11.6. The van der Waals surface area contributed by atoms with E-state index in [9.17, 15) is 4.79 Å². The number of hydrogen-bond acceptors (Lipinski definition) is 6. The summed E-state index contributed by atoms with van der Waals surface area (Å²) >= 11 is 1.11. The Kier molecular flexibility index (Phi) is 4.66. The number of amides is 1. The molecule has 0 fully saturated rings. The van der Waals surface area contributed by atoms with Crippen LogP contribution in [0.3, 0.4) is 0 Å². The first-order valence-corrected chi connectivity index (χ1v) is 8.39. The quantitative estimate of drug-likeness (QED) is 0.767. The molecule has 0 aliphatic carbocycles. The average molecular weight is 342 g/mol. The third kappa shape index (κ3) is 3.18. The summed E-state index contributed by atoms with van der Waals surface area (Å²) < 4.78 is 5.62. The standard InChI is InChI=1S/C16H18N6OS/c1-10-13(7-9-18-16(23)15-11(2)19-21-24-15)12(3)22(20-10)14-6-4-5-8-17-14/h4-6,8H,7,9H2,1-3H3,(H,18,23). The highest BCUT2D eigenvalue weighted by atomic mass is 32.1. The average Bonchev–Trinajstić information content (AvgIpc) is 3.13. The van der Waals surface area contributed by atoms with E-state index < -0.39 is 0 Å². The molecule has 3 rings (SSSR count). The fourth-order valence-corrected chi connectivity index (χ4v) is 3.13. The van der Waals surface area contributed by atoms with E-state index in [1.807, 2.05) is 36.7 Å². The Labute approximate surface area is 143 Å². The Morgan fingerprint density at radius 1 is 1.25 bits per heavy atom. The zero-order chi connectivity index (χ0) is 17.1. The van der Waals surface area contributed by atoms with E-state index in [0.29, 0.717) is 23.5 Å². The van der Waals surface area contributed by atoms with Crippen LogP contribution in [0.15, 0.2) is 24.4 Å². The third-order valence-electron chi connectivity index (χ3n) is 3.83. The second kappa shape index (κ2) is 6.88. The fraction of sp³-hybridized carbons (Fsp3) is 0.312. The third-order valence-corrected chi connectivity index (χ3v) is 4.65. The molecule has 0 radical (unpaired) electrons. The van der Waals surface area contributed by atoms with Gasteiger partial charge < -0.3 is 5.32 Å². The van der Waals surface area contributed by atoms with E-state index >= 15 is 0 Å². The Bertz CT molecular complexity index is 855. The highest BCUT2D eigenvalue weighted by molar-refractivity contribution is 7.07. The Hall–Kier alpha value is -2.61. The minimum absolute atomic E-state index is 0.130. The summed E-state index contributed by atoms with van der Waals surface area (Å²) in [5.41, 5.74) is 3.77. The van der Waals surface area contributed by atoms with Gasteiger partial charge in [0.05, 0.1) is 11.4 Å². The minimum atomic E-state index is -0.130. The molecule has 3 aromatic heterocycles. The maximum absolute atomic E-state index is 12.1. The molecule has 0 aromatic carbocycles. The van der Waals surface area contributed by atoms with Crippen LogP contribution in [0.4, 0.5) is 0 Å². The number of nitrogens with zero attached hydrogens (tertiary/aromatic N) is 5. The fourth-order valence-electron chi connectivity index (χ4n) is 2.56. The van der Waals surface area contributed by atoms with Crippen molar-refractivity contribution in [2.45, 2.75) is 27.2 Å². The minimum Gasteiger partial charge on any atom is -0.351 e. The molecule has 1 amide bonds. The number of carbonyl (C=O) groups is 1. The molecule has 3 heterocycles. The smallest absolute Gasteiger partial charge is 0.264 e. The predicted octanol–water partition coefficient (Wildman–Crippen LogP) is 2.02. The molecule has 0 saturated heterocycles. The van der Waals surface area contributed by atoms with Gasteiger partial charge in [0.1, 0.15) is 4.88 Å². The van der Waals surface area contributed by atoms with Crippen LogP contribution in [0.2, 0.25) is 0 Å². The number of hydrogen-bond donors (Lipinski definition) is 1. The summed E-state index contributed by atoms with van der Waals surface area (Å²) in [7, 11) is 0. The first-order valence-electron chi connectivity index (χ1n) is 7.61. The molecule has 0 bridgehead atoms. The summed E-state index contributed by atoms with van der Waals surface area (Å²) in [4.78, 5) is 17.0. The van der Waals surface area contributed by atoms with Crippen LogP contribution < -0.4 is 5.32 Å². The van der Waals surface area contributed by atoms with E-state index in [0.717, 1.165) is 34.3 Å². The molecule has 7 nitrogen and oxygen atoms in total. The van der Waals surface area contributed by atoms with Gasteiger partial charge in [-0.3, -0.25) is 4.79 Å². The first kappa shape index (κ1) is 16.3. The largest absolute Gasteiger partial charge is 0.351 e. The molecular formula is C16H18N6OS. The van der Waals surface area contributed by atoms with Crippen LogP contribution in [0, 0.1) is 20.8 Å². The van der Waals surface area contributed by atoms with Crippen molar-refractivity contribution in [2.75, 3.05) is 6.54 Å². The van der Waals surface area contributed by atoms with E-state index in [2.05, 4.69) is 25.0 Å². The molecule has 0 saturated carbocycles. The summed E-state index contributed by atoms with van der Waals surface area (Å²) in [6, 6.07) is 5.73. The van der Waals surface area contributed by atoms with Crippen molar-refractivity contribution in [3.8, 4) is 5.82 Å². The summed E-state index contributed by atoms with van der Waals surface area (Å²) in [6.07, 6.45) is 2.46. The number of aromatic nitrogens is 5. The van der Waals surface area contributed by atoms with Crippen molar-refractivity contribution in [3.63, 3.8) is 0 Å². The maximum atomic E-state index is 12.1. The molecule has 1 N–H and O–H groups in total. The van der Waals surface area contributed by atoms with E-state index in [4.69, 9.17) is 0 Å². The lowest BCUT2D eigenvalue weighted by Gasteiger charge is -2.06. The number of carbonyl (C=O) groups excluding carboxylic acids is 1. The van der Waals surface area contributed by atoms with Gasteiger partial charge in [-0.1, -0.05) is 10.6 Å². The van der Waals surface area contributed by atoms with Crippen LogP contribution >= 0.6 is 11.5 Å². The lowest BCUT2D eigenvalue weighted by molar-refractivity contribution is 0.0957. The van der Waals surface area contributed by atoms with Crippen molar-refractivity contribution in [1.29, 1.82) is 0 Å². The number of pyridine rings is 1. The molecule has 0 spiro atoms.